The number of fused-ring (bicyclic) bond motifs is 1. The van der Waals surface area contributed by atoms with E-state index in [4.69, 9.17) is 4.74 Å². The number of rotatable bonds is 1. The van der Waals surface area contributed by atoms with E-state index in [9.17, 15) is 4.79 Å². The summed E-state index contributed by atoms with van der Waals surface area (Å²) in [6.07, 6.45) is 4.88. The lowest BCUT2D eigenvalue weighted by Crippen LogP contribution is -2.42. The molecule has 0 amide bonds. The molecule has 5 unspecified atom stereocenters. The zero-order valence-electron chi connectivity index (χ0n) is 8.95. The summed E-state index contributed by atoms with van der Waals surface area (Å²) in [5.74, 6) is 3.27. The minimum Gasteiger partial charge on any atom is -0.469 e. The zero-order chi connectivity index (χ0) is 9.92. The van der Waals surface area contributed by atoms with Crippen molar-refractivity contribution in [3.63, 3.8) is 0 Å². The summed E-state index contributed by atoms with van der Waals surface area (Å²) in [6, 6.07) is 0. The van der Waals surface area contributed by atoms with Crippen LogP contribution in [0.3, 0.4) is 0 Å². The van der Waals surface area contributed by atoms with Crippen LogP contribution in [0, 0.1) is 29.1 Å². The predicted molar refractivity (Wildman–Crippen MR) is 52.6 cm³/mol. The summed E-state index contributed by atoms with van der Waals surface area (Å²) in [5, 5.41) is 0. The molecule has 14 heavy (non-hydrogen) atoms. The zero-order valence-corrected chi connectivity index (χ0v) is 8.95. The van der Waals surface area contributed by atoms with Crippen molar-refractivity contribution in [2.24, 2.45) is 29.1 Å². The average Bonchev–Trinajstić information content (AvgIpc) is 2.32. The van der Waals surface area contributed by atoms with Crippen LogP contribution in [-0.4, -0.2) is 13.1 Å². The molecule has 3 aliphatic rings. The monoisotopic (exact) mass is 194 g/mol. The Morgan fingerprint density at radius 3 is 2.79 bits per heavy atom. The number of carbonyl (C=O) groups is 1. The molecule has 0 aromatic heterocycles. The number of esters is 1. The molecule has 2 bridgehead atoms. The average molecular weight is 194 g/mol. The maximum absolute atomic E-state index is 11.9. The van der Waals surface area contributed by atoms with Crippen LogP contribution in [-0.2, 0) is 9.53 Å². The van der Waals surface area contributed by atoms with Gasteiger partial charge in [0.15, 0.2) is 0 Å². The SMILES string of the molecule is COC(=O)C12CC3CC(CC1C)C3C2. The molecule has 0 aromatic rings. The van der Waals surface area contributed by atoms with Gasteiger partial charge in [-0.05, 0) is 49.4 Å². The van der Waals surface area contributed by atoms with Gasteiger partial charge in [-0.3, -0.25) is 4.79 Å². The lowest BCUT2D eigenvalue weighted by molar-refractivity contribution is -0.158. The first kappa shape index (κ1) is 8.75. The second-order valence-electron chi connectivity index (χ2n) is 5.61. The third kappa shape index (κ3) is 0.807. The fourth-order valence-corrected chi connectivity index (χ4v) is 4.39. The third-order valence-electron chi connectivity index (χ3n) is 5.23. The van der Waals surface area contributed by atoms with Crippen LogP contribution in [0.1, 0.15) is 32.6 Å². The molecule has 0 aliphatic heterocycles. The Morgan fingerprint density at radius 1 is 1.29 bits per heavy atom. The van der Waals surface area contributed by atoms with Crippen LogP contribution in [0.25, 0.3) is 0 Å². The first-order chi connectivity index (χ1) is 6.67. The molecule has 0 heterocycles. The Morgan fingerprint density at radius 2 is 2.07 bits per heavy atom. The molecule has 5 atom stereocenters. The first-order valence-electron chi connectivity index (χ1n) is 5.76. The van der Waals surface area contributed by atoms with Crippen molar-refractivity contribution >= 4 is 5.97 Å². The van der Waals surface area contributed by atoms with E-state index in [-0.39, 0.29) is 11.4 Å². The van der Waals surface area contributed by atoms with Crippen molar-refractivity contribution in [2.75, 3.05) is 7.11 Å². The number of hydrogen-bond donors (Lipinski definition) is 0. The van der Waals surface area contributed by atoms with Gasteiger partial charge in [0.2, 0.25) is 0 Å². The Hall–Kier alpha value is -0.530. The van der Waals surface area contributed by atoms with Crippen LogP contribution >= 0.6 is 0 Å². The van der Waals surface area contributed by atoms with Gasteiger partial charge in [0.25, 0.3) is 0 Å². The van der Waals surface area contributed by atoms with Gasteiger partial charge >= 0.3 is 5.97 Å². The maximum atomic E-state index is 11.9. The molecule has 2 nitrogen and oxygen atoms in total. The van der Waals surface area contributed by atoms with Crippen LogP contribution < -0.4 is 0 Å². The molecule has 3 aliphatic carbocycles. The highest BCUT2D eigenvalue weighted by Gasteiger charge is 2.63. The van der Waals surface area contributed by atoms with Gasteiger partial charge in [0.05, 0.1) is 12.5 Å². The van der Waals surface area contributed by atoms with Gasteiger partial charge < -0.3 is 4.74 Å². The minimum absolute atomic E-state index is 0.0675. The summed E-state index contributed by atoms with van der Waals surface area (Å²) < 4.78 is 5.01. The Balaban J connectivity index is 1.95. The summed E-state index contributed by atoms with van der Waals surface area (Å²) >= 11 is 0. The van der Waals surface area contributed by atoms with E-state index >= 15 is 0 Å². The Labute approximate surface area is 85.0 Å². The van der Waals surface area contributed by atoms with Crippen molar-refractivity contribution in [3.05, 3.63) is 0 Å². The molecule has 2 heteroatoms. The molecule has 3 saturated carbocycles. The maximum Gasteiger partial charge on any atom is 0.312 e. The van der Waals surface area contributed by atoms with Gasteiger partial charge in [0, 0.05) is 0 Å². The molecule has 0 saturated heterocycles. The largest absolute Gasteiger partial charge is 0.469 e. The van der Waals surface area contributed by atoms with Crippen LogP contribution in [0.4, 0.5) is 0 Å². The van der Waals surface area contributed by atoms with Crippen LogP contribution in [0.15, 0.2) is 0 Å². The summed E-state index contributed by atoms with van der Waals surface area (Å²) in [6.45, 7) is 2.24. The third-order valence-corrected chi connectivity index (χ3v) is 5.23. The molecule has 3 fully saturated rings. The highest BCUT2D eigenvalue weighted by molar-refractivity contribution is 5.78. The van der Waals surface area contributed by atoms with Crippen molar-refractivity contribution in [1.29, 1.82) is 0 Å². The van der Waals surface area contributed by atoms with E-state index in [1.54, 1.807) is 0 Å². The van der Waals surface area contributed by atoms with E-state index in [0.717, 1.165) is 30.6 Å². The first-order valence-corrected chi connectivity index (χ1v) is 5.76. The molecule has 78 valence electrons. The number of carbonyl (C=O) groups excluding carboxylic acids is 1. The quantitative estimate of drug-likeness (QED) is 0.598. The van der Waals surface area contributed by atoms with E-state index in [1.165, 1.54) is 20.0 Å². The molecule has 0 N–H and O–H groups in total. The predicted octanol–water partition coefficient (Wildman–Crippen LogP) is 2.23. The van der Waals surface area contributed by atoms with E-state index in [2.05, 4.69) is 6.92 Å². The van der Waals surface area contributed by atoms with Gasteiger partial charge in [-0.1, -0.05) is 6.92 Å². The van der Waals surface area contributed by atoms with Gasteiger partial charge in [-0.25, -0.2) is 0 Å². The highest BCUT2D eigenvalue weighted by atomic mass is 16.5. The van der Waals surface area contributed by atoms with Crippen molar-refractivity contribution in [3.8, 4) is 0 Å². The minimum atomic E-state index is -0.0862. The number of methoxy groups -OCH3 is 1. The van der Waals surface area contributed by atoms with E-state index in [1.807, 2.05) is 0 Å². The molecule has 0 radical (unpaired) electrons. The van der Waals surface area contributed by atoms with Crippen LogP contribution in [0.2, 0.25) is 0 Å². The lowest BCUT2D eigenvalue weighted by Gasteiger charge is -2.45. The number of ether oxygens (including phenoxy) is 1. The van der Waals surface area contributed by atoms with Crippen molar-refractivity contribution in [2.45, 2.75) is 32.6 Å². The molecule has 0 spiro atoms. The normalized spacial score (nSPS) is 53.9. The topological polar surface area (TPSA) is 26.3 Å². The van der Waals surface area contributed by atoms with E-state index < -0.39 is 0 Å². The second-order valence-corrected chi connectivity index (χ2v) is 5.61. The summed E-state index contributed by atoms with van der Waals surface area (Å²) in [5.41, 5.74) is -0.0862. The van der Waals surface area contributed by atoms with Gasteiger partial charge in [-0.15, -0.1) is 0 Å². The fourth-order valence-electron chi connectivity index (χ4n) is 4.39. The smallest absolute Gasteiger partial charge is 0.312 e. The van der Waals surface area contributed by atoms with Crippen LogP contribution in [0.5, 0.6) is 0 Å². The van der Waals surface area contributed by atoms with Gasteiger partial charge in [0.1, 0.15) is 0 Å². The standard InChI is InChI=1S/C12H18O2/c1-7-3-8-4-9-5-12(7,6-10(8)9)11(13)14-2/h7-10H,3-6H2,1-2H3. The Bertz CT molecular complexity index is 282. The van der Waals surface area contributed by atoms with Gasteiger partial charge in [-0.2, -0.15) is 0 Å². The lowest BCUT2D eigenvalue weighted by atomic mass is 9.59. The summed E-state index contributed by atoms with van der Waals surface area (Å²) in [4.78, 5) is 11.9. The van der Waals surface area contributed by atoms with Crippen molar-refractivity contribution < 1.29 is 9.53 Å². The Kier molecular flexibility index (Phi) is 1.58. The van der Waals surface area contributed by atoms with E-state index in [0.29, 0.717) is 5.92 Å². The summed E-state index contributed by atoms with van der Waals surface area (Å²) in [7, 11) is 1.54. The fraction of sp³-hybridized carbons (Fsp3) is 0.917. The highest BCUT2D eigenvalue weighted by Crippen LogP contribution is 2.67. The molecule has 0 aromatic carbocycles. The second kappa shape index (κ2) is 2.53. The number of hydrogen-bond acceptors (Lipinski definition) is 2. The van der Waals surface area contributed by atoms with Crippen molar-refractivity contribution in [1.82, 2.24) is 0 Å². The molecular weight excluding hydrogens is 176 g/mol. The molecular formula is C12H18O2. The molecule has 3 rings (SSSR count).